The monoisotopic (exact) mass is 250 g/mol. The molecular weight excluding hydrogens is 228 g/mol. The van der Waals surface area contributed by atoms with Crippen molar-refractivity contribution in [2.45, 2.75) is 34.1 Å². The first-order chi connectivity index (χ1) is 8.40. The van der Waals surface area contributed by atoms with Gasteiger partial charge in [-0.15, -0.1) is 0 Å². The van der Waals surface area contributed by atoms with Gasteiger partial charge in [0, 0.05) is 0 Å². The van der Waals surface area contributed by atoms with Gasteiger partial charge in [0.2, 0.25) is 0 Å². The minimum absolute atomic E-state index is 0.186. The highest BCUT2D eigenvalue weighted by Gasteiger charge is 2.28. The van der Waals surface area contributed by atoms with Crippen molar-refractivity contribution >= 4 is 5.97 Å². The molecule has 0 radical (unpaired) electrons. The molecule has 0 bridgehead atoms. The lowest BCUT2D eigenvalue weighted by Gasteiger charge is -2.21. The molecule has 1 aromatic carbocycles. The van der Waals surface area contributed by atoms with Crippen molar-refractivity contribution < 1.29 is 14.3 Å². The predicted octanol–water partition coefficient (Wildman–Crippen LogP) is 3.14. The van der Waals surface area contributed by atoms with Gasteiger partial charge in [-0.05, 0) is 51.3 Å². The van der Waals surface area contributed by atoms with E-state index in [1.54, 1.807) is 0 Å². The van der Waals surface area contributed by atoms with Crippen molar-refractivity contribution in [2.75, 3.05) is 13.7 Å². The Morgan fingerprint density at radius 3 is 2.50 bits per heavy atom. The van der Waals surface area contributed by atoms with Gasteiger partial charge >= 0.3 is 5.97 Å². The number of carbonyl (C=O) groups excluding carboxylic acids is 1. The summed E-state index contributed by atoms with van der Waals surface area (Å²) in [5, 5.41) is 0. The summed E-state index contributed by atoms with van der Waals surface area (Å²) in [5.74, 6) is 0.714. The highest BCUT2D eigenvalue weighted by Crippen LogP contribution is 2.26. The quantitative estimate of drug-likeness (QED) is 0.753. The summed E-state index contributed by atoms with van der Waals surface area (Å²) in [4.78, 5) is 11.6. The van der Waals surface area contributed by atoms with Gasteiger partial charge in [0.1, 0.15) is 5.75 Å². The molecule has 0 unspecified atom stereocenters. The van der Waals surface area contributed by atoms with Crippen LogP contribution < -0.4 is 4.74 Å². The molecule has 3 heteroatoms. The van der Waals surface area contributed by atoms with E-state index < -0.39 is 5.41 Å². The first-order valence-corrected chi connectivity index (χ1v) is 6.21. The van der Waals surface area contributed by atoms with Gasteiger partial charge in [-0.2, -0.15) is 0 Å². The van der Waals surface area contributed by atoms with E-state index in [0.29, 0.717) is 13.0 Å². The SMILES string of the molecule is CCOc1ccc(CC(C)(C)C(=O)OC)cc1C. The van der Waals surface area contributed by atoms with E-state index >= 15 is 0 Å². The lowest BCUT2D eigenvalue weighted by atomic mass is 9.85. The Morgan fingerprint density at radius 2 is 2.00 bits per heavy atom. The Morgan fingerprint density at radius 1 is 1.33 bits per heavy atom. The largest absolute Gasteiger partial charge is 0.494 e. The second kappa shape index (κ2) is 5.89. The predicted molar refractivity (Wildman–Crippen MR) is 71.8 cm³/mol. The normalized spacial score (nSPS) is 11.2. The number of hydrogen-bond acceptors (Lipinski definition) is 3. The van der Waals surface area contributed by atoms with Crippen molar-refractivity contribution in [3.8, 4) is 5.75 Å². The van der Waals surface area contributed by atoms with Gasteiger partial charge in [-0.3, -0.25) is 4.79 Å². The van der Waals surface area contributed by atoms with E-state index in [1.165, 1.54) is 7.11 Å². The number of carbonyl (C=O) groups is 1. The van der Waals surface area contributed by atoms with Gasteiger partial charge in [0.05, 0.1) is 19.1 Å². The van der Waals surface area contributed by atoms with Gasteiger partial charge < -0.3 is 9.47 Å². The third-order valence-electron chi connectivity index (χ3n) is 2.92. The summed E-state index contributed by atoms with van der Waals surface area (Å²) in [6.45, 7) is 8.43. The van der Waals surface area contributed by atoms with Crippen molar-refractivity contribution in [2.24, 2.45) is 5.41 Å². The van der Waals surface area contributed by atoms with E-state index in [-0.39, 0.29) is 5.97 Å². The molecule has 18 heavy (non-hydrogen) atoms. The van der Waals surface area contributed by atoms with Crippen LogP contribution in [-0.2, 0) is 16.0 Å². The molecule has 1 aromatic rings. The first kappa shape index (κ1) is 14.6. The zero-order valence-corrected chi connectivity index (χ0v) is 11.9. The van der Waals surface area contributed by atoms with E-state index in [1.807, 2.05) is 39.8 Å². The Bertz CT molecular complexity index is 422. The Labute approximate surface area is 109 Å². The number of rotatable bonds is 5. The Kier molecular flexibility index (Phi) is 4.76. The molecule has 0 saturated heterocycles. The molecular formula is C15H22O3. The van der Waals surface area contributed by atoms with E-state index in [0.717, 1.165) is 16.9 Å². The minimum Gasteiger partial charge on any atom is -0.494 e. The summed E-state index contributed by atoms with van der Waals surface area (Å²) >= 11 is 0. The van der Waals surface area contributed by atoms with Gasteiger partial charge in [-0.25, -0.2) is 0 Å². The number of hydrogen-bond donors (Lipinski definition) is 0. The summed E-state index contributed by atoms with van der Waals surface area (Å²) in [7, 11) is 1.42. The van der Waals surface area contributed by atoms with Crippen LogP contribution in [0.5, 0.6) is 5.75 Å². The second-order valence-electron chi connectivity index (χ2n) is 5.09. The molecule has 0 amide bonds. The molecule has 0 N–H and O–H groups in total. The van der Waals surface area contributed by atoms with E-state index in [2.05, 4.69) is 6.07 Å². The number of ether oxygens (including phenoxy) is 2. The van der Waals surface area contributed by atoms with Crippen LogP contribution in [0.1, 0.15) is 31.9 Å². The molecule has 0 saturated carbocycles. The maximum Gasteiger partial charge on any atom is 0.311 e. The second-order valence-corrected chi connectivity index (χ2v) is 5.09. The number of aryl methyl sites for hydroxylation is 1. The number of benzene rings is 1. The number of esters is 1. The molecule has 0 fully saturated rings. The molecule has 0 spiro atoms. The molecule has 0 heterocycles. The van der Waals surface area contributed by atoms with Crippen LogP contribution in [0, 0.1) is 12.3 Å². The highest BCUT2D eigenvalue weighted by atomic mass is 16.5. The van der Waals surface area contributed by atoms with Crippen LogP contribution in [0.3, 0.4) is 0 Å². The third kappa shape index (κ3) is 3.49. The maximum absolute atomic E-state index is 11.6. The fourth-order valence-corrected chi connectivity index (χ4v) is 2.00. The zero-order chi connectivity index (χ0) is 13.8. The van der Waals surface area contributed by atoms with Crippen LogP contribution in [0.2, 0.25) is 0 Å². The van der Waals surface area contributed by atoms with Crippen LogP contribution in [-0.4, -0.2) is 19.7 Å². The average Bonchev–Trinajstić information content (AvgIpc) is 2.31. The van der Waals surface area contributed by atoms with Crippen LogP contribution in [0.25, 0.3) is 0 Å². The van der Waals surface area contributed by atoms with Crippen molar-refractivity contribution in [3.05, 3.63) is 29.3 Å². The van der Waals surface area contributed by atoms with Crippen molar-refractivity contribution in [1.82, 2.24) is 0 Å². The molecule has 0 aliphatic carbocycles. The summed E-state index contributed by atoms with van der Waals surface area (Å²) in [5.41, 5.74) is 1.70. The maximum atomic E-state index is 11.6. The fourth-order valence-electron chi connectivity index (χ4n) is 2.00. The molecule has 0 aromatic heterocycles. The molecule has 3 nitrogen and oxygen atoms in total. The minimum atomic E-state index is -0.506. The topological polar surface area (TPSA) is 35.5 Å². The van der Waals surface area contributed by atoms with E-state index in [4.69, 9.17) is 9.47 Å². The van der Waals surface area contributed by atoms with Crippen LogP contribution in [0.4, 0.5) is 0 Å². The van der Waals surface area contributed by atoms with Gasteiger partial charge in [0.25, 0.3) is 0 Å². The molecule has 0 aliphatic rings. The molecule has 0 aliphatic heterocycles. The Hall–Kier alpha value is -1.51. The zero-order valence-electron chi connectivity index (χ0n) is 11.9. The fraction of sp³-hybridized carbons (Fsp3) is 0.533. The van der Waals surface area contributed by atoms with Gasteiger partial charge in [-0.1, -0.05) is 12.1 Å². The van der Waals surface area contributed by atoms with Crippen molar-refractivity contribution in [3.63, 3.8) is 0 Å². The summed E-state index contributed by atoms with van der Waals surface area (Å²) in [6, 6.07) is 6.03. The van der Waals surface area contributed by atoms with Crippen molar-refractivity contribution in [1.29, 1.82) is 0 Å². The standard InChI is InChI=1S/C15H22O3/c1-6-18-13-8-7-12(9-11(13)2)10-15(3,4)14(16)17-5/h7-9H,6,10H2,1-5H3. The van der Waals surface area contributed by atoms with Gasteiger partial charge in [0.15, 0.2) is 0 Å². The molecule has 0 atom stereocenters. The molecule has 100 valence electrons. The highest BCUT2D eigenvalue weighted by molar-refractivity contribution is 5.76. The lowest BCUT2D eigenvalue weighted by Crippen LogP contribution is -2.28. The lowest BCUT2D eigenvalue weighted by molar-refractivity contribution is -0.150. The average molecular weight is 250 g/mol. The molecule has 1 rings (SSSR count). The smallest absolute Gasteiger partial charge is 0.311 e. The third-order valence-corrected chi connectivity index (χ3v) is 2.92. The van der Waals surface area contributed by atoms with Crippen LogP contribution >= 0.6 is 0 Å². The Balaban J connectivity index is 2.86. The number of methoxy groups -OCH3 is 1. The first-order valence-electron chi connectivity index (χ1n) is 6.21. The summed E-state index contributed by atoms with van der Waals surface area (Å²) < 4.78 is 10.3. The van der Waals surface area contributed by atoms with Crippen LogP contribution in [0.15, 0.2) is 18.2 Å². The van der Waals surface area contributed by atoms with E-state index in [9.17, 15) is 4.79 Å². The summed E-state index contributed by atoms with van der Waals surface area (Å²) in [6.07, 6.45) is 0.660.